The number of nitrogens with two attached hydrogens (primary N) is 1. The normalized spacial score (nSPS) is 15.3. The second-order valence-electron chi connectivity index (χ2n) is 3.68. The summed E-state index contributed by atoms with van der Waals surface area (Å²) in [5.74, 6) is -0.0199. The Hall–Kier alpha value is -1.17. The summed E-state index contributed by atoms with van der Waals surface area (Å²) < 4.78 is 0. The highest BCUT2D eigenvalue weighted by Gasteiger charge is 2.33. The number of hydrogen-bond acceptors (Lipinski definition) is 5. The first-order chi connectivity index (χ1) is 7.22. The Balaban J connectivity index is 2.10. The second kappa shape index (κ2) is 4.14. The maximum absolute atomic E-state index is 12.0. The molecule has 1 aliphatic rings. The van der Waals surface area contributed by atoms with Crippen molar-refractivity contribution in [1.82, 2.24) is 15.1 Å². The van der Waals surface area contributed by atoms with Gasteiger partial charge in [-0.2, -0.15) is 0 Å². The molecule has 1 saturated carbocycles. The van der Waals surface area contributed by atoms with Gasteiger partial charge < -0.3 is 10.6 Å². The van der Waals surface area contributed by atoms with Crippen molar-refractivity contribution in [3.8, 4) is 0 Å². The zero-order chi connectivity index (χ0) is 10.8. The lowest BCUT2D eigenvalue weighted by molar-refractivity contribution is 0.0742. The molecular formula is C9H14N4OS. The van der Waals surface area contributed by atoms with Gasteiger partial charge in [-0.25, -0.2) is 0 Å². The SMILES string of the molecule is CCCN(C(=O)c1nnc(N)s1)C1CC1. The summed E-state index contributed by atoms with van der Waals surface area (Å²) in [6.07, 6.45) is 3.19. The van der Waals surface area contributed by atoms with Crippen molar-refractivity contribution in [2.24, 2.45) is 0 Å². The Bertz CT molecular complexity index is 361. The van der Waals surface area contributed by atoms with Crippen LogP contribution in [0.4, 0.5) is 5.13 Å². The predicted molar refractivity (Wildman–Crippen MR) is 58.7 cm³/mol. The average molecular weight is 226 g/mol. The van der Waals surface area contributed by atoms with Crippen LogP contribution in [-0.2, 0) is 0 Å². The number of nitrogen functional groups attached to an aromatic ring is 1. The van der Waals surface area contributed by atoms with E-state index in [0.717, 1.165) is 37.1 Å². The number of aromatic nitrogens is 2. The van der Waals surface area contributed by atoms with Crippen LogP contribution in [0.3, 0.4) is 0 Å². The highest BCUT2D eigenvalue weighted by atomic mass is 32.1. The molecule has 1 heterocycles. The molecule has 0 spiro atoms. The molecule has 0 saturated heterocycles. The quantitative estimate of drug-likeness (QED) is 0.835. The highest BCUT2D eigenvalue weighted by molar-refractivity contribution is 7.16. The molecule has 2 N–H and O–H groups in total. The second-order valence-corrected chi connectivity index (χ2v) is 4.68. The van der Waals surface area contributed by atoms with Crippen LogP contribution in [0.1, 0.15) is 36.0 Å². The van der Waals surface area contributed by atoms with Crippen LogP contribution in [0, 0.1) is 0 Å². The summed E-state index contributed by atoms with van der Waals surface area (Å²) in [7, 11) is 0. The van der Waals surface area contributed by atoms with Crippen molar-refractivity contribution >= 4 is 22.4 Å². The largest absolute Gasteiger partial charge is 0.374 e. The number of carbonyl (C=O) groups excluding carboxylic acids is 1. The van der Waals surface area contributed by atoms with Crippen molar-refractivity contribution in [2.75, 3.05) is 12.3 Å². The molecule has 0 bridgehead atoms. The molecule has 5 nitrogen and oxygen atoms in total. The Labute approximate surface area is 92.3 Å². The number of hydrogen-bond donors (Lipinski definition) is 1. The van der Waals surface area contributed by atoms with E-state index in [0.29, 0.717) is 16.2 Å². The first kappa shape index (κ1) is 10.4. The Kier molecular flexibility index (Phi) is 2.86. The summed E-state index contributed by atoms with van der Waals surface area (Å²) in [6.45, 7) is 2.86. The molecule has 6 heteroatoms. The Morgan fingerprint density at radius 3 is 2.80 bits per heavy atom. The van der Waals surface area contributed by atoms with Gasteiger partial charge in [-0.05, 0) is 19.3 Å². The topological polar surface area (TPSA) is 72.1 Å². The van der Waals surface area contributed by atoms with Crippen LogP contribution in [0.25, 0.3) is 0 Å². The molecule has 1 fully saturated rings. The number of amides is 1. The lowest BCUT2D eigenvalue weighted by Gasteiger charge is -2.19. The third-order valence-electron chi connectivity index (χ3n) is 2.34. The number of anilines is 1. The van der Waals surface area contributed by atoms with Crippen LogP contribution in [-0.4, -0.2) is 33.6 Å². The Morgan fingerprint density at radius 1 is 1.60 bits per heavy atom. The van der Waals surface area contributed by atoms with Gasteiger partial charge >= 0.3 is 0 Å². The van der Waals surface area contributed by atoms with E-state index in [9.17, 15) is 4.79 Å². The van der Waals surface area contributed by atoms with E-state index in [1.54, 1.807) is 0 Å². The molecule has 0 atom stereocenters. The van der Waals surface area contributed by atoms with Gasteiger partial charge in [0.05, 0.1) is 0 Å². The summed E-state index contributed by atoms with van der Waals surface area (Å²) in [4.78, 5) is 13.9. The molecule has 1 aliphatic carbocycles. The van der Waals surface area contributed by atoms with Crippen molar-refractivity contribution in [3.05, 3.63) is 5.01 Å². The number of carbonyl (C=O) groups is 1. The monoisotopic (exact) mass is 226 g/mol. The lowest BCUT2D eigenvalue weighted by Crippen LogP contribution is -2.33. The molecule has 0 radical (unpaired) electrons. The molecular weight excluding hydrogens is 212 g/mol. The van der Waals surface area contributed by atoms with Crippen molar-refractivity contribution < 1.29 is 4.79 Å². The molecule has 82 valence electrons. The zero-order valence-corrected chi connectivity index (χ0v) is 9.46. The van der Waals surface area contributed by atoms with E-state index in [4.69, 9.17) is 5.73 Å². The van der Waals surface area contributed by atoms with E-state index in [2.05, 4.69) is 17.1 Å². The minimum absolute atomic E-state index is 0.0199. The highest BCUT2D eigenvalue weighted by Crippen LogP contribution is 2.29. The maximum atomic E-state index is 12.0. The molecule has 2 rings (SSSR count). The fourth-order valence-electron chi connectivity index (χ4n) is 1.52. The average Bonchev–Trinajstić information content (AvgIpc) is 2.96. The first-order valence-corrected chi connectivity index (χ1v) is 5.94. The van der Waals surface area contributed by atoms with Gasteiger partial charge in [-0.1, -0.05) is 18.3 Å². The van der Waals surface area contributed by atoms with E-state index in [1.807, 2.05) is 4.90 Å². The first-order valence-electron chi connectivity index (χ1n) is 5.12. The molecule has 0 unspecified atom stereocenters. The van der Waals surface area contributed by atoms with Gasteiger partial charge in [-0.15, -0.1) is 10.2 Å². The summed E-state index contributed by atoms with van der Waals surface area (Å²) in [6, 6.07) is 0.419. The van der Waals surface area contributed by atoms with Crippen LogP contribution in [0.2, 0.25) is 0 Å². The Morgan fingerprint density at radius 2 is 2.33 bits per heavy atom. The van der Waals surface area contributed by atoms with Crippen molar-refractivity contribution in [3.63, 3.8) is 0 Å². The summed E-state index contributed by atoms with van der Waals surface area (Å²) >= 11 is 1.16. The summed E-state index contributed by atoms with van der Waals surface area (Å²) in [5.41, 5.74) is 5.46. The third kappa shape index (κ3) is 2.26. The molecule has 1 aromatic heterocycles. The maximum Gasteiger partial charge on any atom is 0.285 e. The van der Waals surface area contributed by atoms with E-state index >= 15 is 0 Å². The zero-order valence-electron chi connectivity index (χ0n) is 8.64. The molecule has 1 aromatic rings. The molecule has 1 amide bonds. The van der Waals surface area contributed by atoms with Gasteiger partial charge in [0.25, 0.3) is 5.91 Å². The predicted octanol–water partition coefficient (Wildman–Crippen LogP) is 1.13. The van der Waals surface area contributed by atoms with E-state index in [-0.39, 0.29) is 5.91 Å². The van der Waals surface area contributed by atoms with Gasteiger partial charge in [0.1, 0.15) is 0 Å². The fourth-order valence-corrected chi connectivity index (χ4v) is 2.09. The van der Waals surface area contributed by atoms with Crippen LogP contribution < -0.4 is 5.73 Å². The molecule has 0 aliphatic heterocycles. The molecule has 0 aromatic carbocycles. The van der Waals surface area contributed by atoms with Crippen molar-refractivity contribution in [1.29, 1.82) is 0 Å². The van der Waals surface area contributed by atoms with Crippen LogP contribution in [0.5, 0.6) is 0 Å². The van der Waals surface area contributed by atoms with Gasteiger partial charge in [-0.3, -0.25) is 4.79 Å². The van der Waals surface area contributed by atoms with Gasteiger partial charge in [0.2, 0.25) is 10.1 Å². The minimum Gasteiger partial charge on any atom is -0.374 e. The summed E-state index contributed by atoms with van der Waals surface area (Å²) in [5, 5.41) is 8.20. The standard InChI is InChI=1S/C9H14N4OS/c1-2-5-13(6-3-4-6)8(14)7-11-12-9(10)15-7/h6H,2-5H2,1H3,(H2,10,12). The molecule has 15 heavy (non-hydrogen) atoms. The number of rotatable bonds is 4. The third-order valence-corrected chi connectivity index (χ3v) is 3.08. The van der Waals surface area contributed by atoms with Gasteiger partial charge in [0, 0.05) is 12.6 Å². The van der Waals surface area contributed by atoms with Crippen LogP contribution in [0.15, 0.2) is 0 Å². The minimum atomic E-state index is -0.0199. The van der Waals surface area contributed by atoms with Gasteiger partial charge in [0.15, 0.2) is 0 Å². The lowest BCUT2D eigenvalue weighted by atomic mass is 10.4. The smallest absolute Gasteiger partial charge is 0.285 e. The number of nitrogens with zero attached hydrogens (tertiary/aromatic N) is 3. The fraction of sp³-hybridized carbons (Fsp3) is 0.667. The van der Waals surface area contributed by atoms with E-state index < -0.39 is 0 Å². The van der Waals surface area contributed by atoms with Crippen molar-refractivity contribution in [2.45, 2.75) is 32.2 Å². The van der Waals surface area contributed by atoms with Crippen LogP contribution >= 0.6 is 11.3 Å². The van der Waals surface area contributed by atoms with E-state index in [1.165, 1.54) is 0 Å².